The number of nitro benzene ring substituents is 1. The van der Waals surface area contributed by atoms with Crippen molar-refractivity contribution >= 4 is 22.0 Å². The summed E-state index contributed by atoms with van der Waals surface area (Å²) in [4.78, 5) is 11.0. The van der Waals surface area contributed by atoms with Gasteiger partial charge in [0.1, 0.15) is 0 Å². The van der Waals surface area contributed by atoms with Gasteiger partial charge in [-0.1, -0.05) is 0 Å². The minimum absolute atomic E-state index is 0.0661. The average Bonchev–Trinajstić information content (AvgIpc) is 2.99. The summed E-state index contributed by atoms with van der Waals surface area (Å²) in [5.74, 6) is 0.676. The predicted octanol–water partition coefficient (Wildman–Crippen LogP) is 2.39. The van der Waals surface area contributed by atoms with Gasteiger partial charge in [0.15, 0.2) is 5.82 Å². The molecule has 0 radical (unpaired) electrons. The Morgan fingerprint density at radius 1 is 1.35 bits per heavy atom. The molecular formula is C12H11N5O2S. The quantitative estimate of drug-likeness (QED) is 0.589. The molecule has 0 spiro atoms. The van der Waals surface area contributed by atoms with Crippen molar-refractivity contribution in [3.05, 3.63) is 45.6 Å². The number of benzene rings is 1. The Morgan fingerprint density at radius 2 is 2.05 bits per heavy atom. The minimum atomic E-state index is -0.418. The molecular weight excluding hydrogens is 278 g/mol. The summed E-state index contributed by atoms with van der Waals surface area (Å²) in [6.07, 6.45) is 0. The summed E-state index contributed by atoms with van der Waals surface area (Å²) in [6.45, 7) is 1.84. The van der Waals surface area contributed by atoms with E-state index in [0.717, 1.165) is 16.2 Å². The maximum atomic E-state index is 10.7. The van der Waals surface area contributed by atoms with E-state index in [1.54, 1.807) is 12.1 Å². The second-order valence-electron chi connectivity index (χ2n) is 4.39. The van der Waals surface area contributed by atoms with Gasteiger partial charge in [-0.15, -0.1) is 21.5 Å². The number of aromatic nitrogens is 3. The zero-order valence-electron chi connectivity index (χ0n) is 10.6. The first kappa shape index (κ1) is 12.7. The van der Waals surface area contributed by atoms with Crippen LogP contribution in [0.1, 0.15) is 18.8 Å². The Kier molecular flexibility index (Phi) is 2.96. The van der Waals surface area contributed by atoms with Crippen molar-refractivity contribution in [1.82, 2.24) is 14.6 Å². The van der Waals surface area contributed by atoms with Gasteiger partial charge >= 0.3 is 0 Å². The maximum absolute atomic E-state index is 10.7. The Balaban J connectivity index is 2.14. The molecule has 7 nitrogen and oxygen atoms in total. The first-order chi connectivity index (χ1) is 9.58. The topological polar surface area (TPSA) is 99.3 Å². The maximum Gasteiger partial charge on any atom is 0.269 e. The molecule has 2 aromatic heterocycles. The normalized spacial score (nSPS) is 12.7. The van der Waals surface area contributed by atoms with E-state index in [0.29, 0.717) is 5.82 Å². The lowest BCUT2D eigenvalue weighted by atomic mass is 10.1. The molecule has 3 aromatic rings. The highest BCUT2D eigenvalue weighted by Crippen LogP contribution is 2.28. The van der Waals surface area contributed by atoms with Crippen molar-refractivity contribution in [1.29, 1.82) is 0 Å². The predicted molar refractivity (Wildman–Crippen MR) is 75.6 cm³/mol. The van der Waals surface area contributed by atoms with Gasteiger partial charge in [-0.2, -0.15) is 0 Å². The molecule has 0 fully saturated rings. The van der Waals surface area contributed by atoms with Gasteiger partial charge in [0.25, 0.3) is 5.69 Å². The van der Waals surface area contributed by atoms with Crippen LogP contribution in [0.2, 0.25) is 0 Å². The highest BCUT2D eigenvalue weighted by atomic mass is 32.1. The second kappa shape index (κ2) is 4.66. The van der Waals surface area contributed by atoms with Crippen LogP contribution in [0.25, 0.3) is 16.2 Å². The third-order valence-corrected chi connectivity index (χ3v) is 3.77. The summed E-state index contributed by atoms with van der Waals surface area (Å²) in [7, 11) is 0. The molecule has 0 aliphatic rings. The van der Waals surface area contributed by atoms with Crippen molar-refractivity contribution in [2.24, 2.45) is 5.73 Å². The highest BCUT2D eigenvalue weighted by molar-refractivity contribution is 7.15. The first-order valence-corrected chi connectivity index (χ1v) is 6.79. The molecule has 1 unspecified atom stereocenters. The van der Waals surface area contributed by atoms with E-state index in [2.05, 4.69) is 10.2 Å². The third kappa shape index (κ3) is 1.95. The fourth-order valence-electron chi connectivity index (χ4n) is 1.99. The van der Waals surface area contributed by atoms with Crippen molar-refractivity contribution in [2.45, 2.75) is 13.0 Å². The summed E-state index contributed by atoms with van der Waals surface area (Å²) < 4.78 is 1.89. The molecule has 0 saturated carbocycles. The van der Waals surface area contributed by atoms with E-state index in [1.807, 2.05) is 16.7 Å². The van der Waals surface area contributed by atoms with Crippen LogP contribution in [0.3, 0.4) is 0 Å². The molecule has 3 rings (SSSR count). The van der Waals surface area contributed by atoms with Crippen molar-refractivity contribution in [2.75, 3.05) is 0 Å². The molecule has 0 amide bonds. The standard InChI is InChI=1S/C12H11N5O2S/c1-7(13)11-14-15-12-16(11)10(6-20-12)8-2-4-9(5-3-8)17(18)19/h2-7H,13H2,1H3. The number of rotatable bonds is 3. The van der Waals surface area contributed by atoms with Crippen LogP contribution in [0.5, 0.6) is 0 Å². The molecule has 2 heterocycles. The number of hydrogen-bond acceptors (Lipinski definition) is 6. The van der Waals surface area contributed by atoms with Crippen LogP contribution < -0.4 is 5.73 Å². The lowest BCUT2D eigenvalue weighted by Gasteiger charge is -2.05. The van der Waals surface area contributed by atoms with E-state index >= 15 is 0 Å². The fourth-order valence-corrected chi connectivity index (χ4v) is 2.83. The first-order valence-electron chi connectivity index (χ1n) is 5.91. The summed E-state index contributed by atoms with van der Waals surface area (Å²) >= 11 is 1.46. The van der Waals surface area contributed by atoms with E-state index in [-0.39, 0.29) is 11.7 Å². The van der Waals surface area contributed by atoms with Gasteiger partial charge in [0.2, 0.25) is 4.96 Å². The molecule has 20 heavy (non-hydrogen) atoms. The van der Waals surface area contributed by atoms with Gasteiger partial charge in [-0.05, 0) is 24.6 Å². The third-order valence-electron chi connectivity index (χ3n) is 2.96. The van der Waals surface area contributed by atoms with Crippen LogP contribution >= 0.6 is 11.3 Å². The largest absolute Gasteiger partial charge is 0.322 e. The van der Waals surface area contributed by atoms with Crippen LogP contribution in [-0.4, -0.2) is 19.5 Å². The number of nitrogens with two attached hydrogens (primary N) is 1. The fraction of sp³-hybridized carbons (Fsp3) is 0.167. The van der Waals surface area contributed by atoms with Gasteiger partial charge < -0.3 is 5.73 Å². The molecule has 2 N–H and O–H groups in total. The van der Waals surface area contributed by atoms with E-state index < -0.39 is 4.92 Å². The van der Waals surface area contributed by atoms with Crippen molar-refractivity contribution in [3.63, 3.8) is 0 Å². The Morgan fingerprint density at radius 3 is 2.65 bits per heavy atom. The van der Waals surface area contributed by atoms with Gasteiger partial charge in [-0.25, -0.2) is 0 Å². The SMILES string of the molecule is CC(N)c1nnc2scc(-c3ccc([N+](=O)[O-])cc3)n12. The molecule has 1 aromatic carbocycles. The molecule has 0 aliphatic carbocycles. The smallest absolute Gasteiger partial charge is 0.269 e. The number of nitro groups is 1. The number of fused-ring (bicyclic) bond motifs is 1. The van der Waals surface area contributed by atoms with Crippen LogP contribution in [0.4, 0.5) is 5.69 Å². The summed E-state index contributed by atoms with van der Waals surface area (Å²) in [6, 6.07) is 6.15. The van der Waals surface area contributed by atoms with E-state index in [1.165, 1.54) is 23.5 Å². The van der Waals surface area contributed by atoms with Gasteiger partial charge in [0.05, 0.1) is 16.7 Å². The average molecular weight is 289 g/mol. The summed E-state index contributed by atoms with van der Waals surface area (Å²) in [5, 5.41) is 20.8. The molecule has 0 aliphatic heterocycles. The summed E-state index contributed by atoms with van der Waals surface area (Å²) in [5.41, 5.74) is 7.70. The molecule has 0 saturated heterocycles. The molecule has 8 heteroatoms. The number of thiazole rings is 1. The van der Waals surface area contributed by atoms with Crippen molar-refractivity contribution < 1.29 is 4.92 Å². The Hall–Kier alpha value is -2.32. The lowest BCUT2D eigenvalue weighted by molar-refractivity contribution is -0.384. The van der Waals surface area contributed by atoms with Crippen molar-refractivity contribution in [3.8, 4) is 11.3 Å². The van der Waals surface area contributed by atoms with Gasteiger partial charge in [0, 0.05) is 17.5 Å². The Bertz CT molecular complexity index is 775. The molecule has 1 atom stereocenters. The molecule has 102 valence electrons. The number of hydrogen-bond donors (Lipinski definition) is 1. The van der Waals surface area contributed by atoms with Crippen LogP contribution in [0.15, 0.2) is 29.6 Å². The van der Waals surface area contributed by atoms with E-state index in [4.69, 9.17) is 5.73 Å². The minimum Gasteiger partial charge on any atom is -0.322 e. The van der Waals surface area contributed by atoms with Crippen LogP contribution in [-0.2, 0) is 0 Å². The highest BCUT2D eigenvalue weighted by Gasteiger charge is 2.16. The number of non-ortho nitro benzene ring substituents is 1. The van der Waals surface area contributed by atoms with E-state index in [9.17, 15) is 10.1 Å². The Labute approximate surface area is 117 Å². The van der Waals surface area contributed by atoms with Gasteiger partial charge in [-0.3, -0.25) is 14.5 Å². The monoisotopic (exact) mass is 289 g/mol. The number of nitrogens with zero attached hydrogens (tertiary/aromatic N) is 4. The molecule has 0 bridgehead atoms. The zero-order valence-corrected chi connectivity index (χ0v) is 11.4. The zero-order chi connectivity index (χ0) is 14.3. The lowest BCUT2D eigenvalue weighted by Crippen LogP contribution is -2.10. The van der Waals surface area contributed by atoms with Crippen LogP contribution in [0, 0.1) is 10.1 Å². The second-order valence-corrected chi connectivity index (χ2v) is 5.23.